The Kier molecular flexibility index (Phi) is 3.38. The van der Waals surface area contributed by atoms with E-state index in [2.05, 4.69) is 11.4 Å². The molecule has 0 spiro atoms. The summed E-state index contributed by atoms with van der Waals surface area (Å²) in [5, 5.41) is 3.28. The SMILES string of the molecule is Cl.c1ccc2c(c1)CNCCO2. The third-order valence-electron chi connectivity index (χ3n) is 1.82. The van der Waals surface area contributed by atoms with Crippen LogP contribution in [0.25, 0.3) is 0 Å². The van der Waals surface area contributed by atoms with Crippen molar-refractivity contribution in [1.29, 1.82) is 0 Å². The molecule has 1 aliphatic rings. The summed E-state index contributed by atoms with van der Waals surface area (Å²) in [6.07, 6.45) is 0. The second-order valence-corrected chi connectivity index (χ2v) is 2.63. The highest BCUT2D eigenvalue weighted by Gasteiger charge is 2.05. The van der Waals surface area contributed by atoms with Crippen molar-refractivity contribution in [3.05, 3.63) is 29.8 Å². The van der Waals surface area contributed by atoms with Gasteiger partial charge in [-0.15, -0.1) is 12.4 Å². The van der Waals surface area contributed by atoms with Gasteiger partial charge in [-0.3, -0.25) is 0 Å². The molecular formula is C9H12ClNO. The summed E-state index contributed by atoms with van der Waals surface area (Å²) in [7, 11) is 0. The number of nitrogens with one attached hydrogen (secondary N) is 1. The molecule has 1 heterocycles. The van der Waals surface area contributed by atoms with Crippen LogP contribution in [0.4, 0.5) is 0 Å². The number of rotatable bonds is 0. The van der Waals surface area contributed by atoms with Gasteiger partial charge in [0.2, 0.25) is 0 Å². The first-order valence-corrected chi connectivity index (χ1v) is 3.88. The molecule has 2 rings (SSSR count). The van der Waals surface area contributed by atoms with Crippen LogP contribution in [0.2, 0.25) is 0 Å². The van der Waals surface area contributed by atoms with Crippen molar-refractivity contribution < 1.29 is 4.74 Å². The lowest BCUT2D eigenvalue weighted by Crippen LogP contribution is -2.16. The number of benzene rings is 1. The molecule has 0 aromatic heterocycles. The fourth-order valence-electron chi connectivity index (χ4n) is 1.25. The molecule has 66 valence electrons. The van der Waals surface area contributed by atoms with E-state index >= 15 is 0 Å². The van der Waals surface area contributed by atoms with Gasteiger partial charge in [-0.1, -0.05) is 18.2 Å². The molecule has 0 atom stereocenters. The zero-order valence-electron chi connectivity index (χ0n) is 6.75. The predicted molar refractivity (Wildman–Crippen MR) is 50.9 cm³/mol. The smallest absolute Gasteiger partial charge is 0.123 e. The first-order valence-electron chi connectivity index (χ1n) is 3.88. The summed E-state index contributed by atoms with van der Waals surface area (Å²) in [5.41, 5.74) is 1.25. The van der Waals surface area contributed by atoms with Gasteiger partial charge in [0.25, 0.3) is 0 Å². The van der Waals surface area contributed by atoms with Crippen LogP contribution in [0, 0.1) is 0 Å². The van der Waals surface area contributed by atoms with Crippen LogP contribution in [-0.2, 0) is 6.54 Å². The first kappa shape index (κ1) is 9.36. The van der Waals surface area contributed by atoms with E-state index in [0.29, 0.717) is 0 Å². The third-order valence-corrected chi connectivity index (χ3v) is 1.82. The van der Waals surface area contributed by atoms with E-state index < -0.39 is 0 Å². The van der Waals surface area contributed by atoms with Gasteiger partial charge in [-0.25, -0.2) is 0 Å². The molecule has 3 heteroatoms. The minimum atomic E-state index is 0. The van der Waals surface area contributed by atoms with Crippen LogP contribution in [0.1, 0.15) is 5.56 Å². The Morgan fingerprint density at radius 2 is 2.08 bits per heavy atom. The van der Waals surface area contributed by atoms with Crippen molar-refractivity contribution in [2.75, 3.05) is 13.2 Å². The number of fused-ring (bicyclic) bond motifs is 1. The Morgan fingerprint density at radius 3 is 3.00 bits per heavy atom. The van der Waals surface area contributed by atoms with E-state index in [9.17, 15) is 0 Å². The fourth-order valence-corrected chi connectivity index (χ4v) is 1.25. The quantitative estimate of drug-likeness (QED) is 0.663. The summed E-state index contributed by atoms with van der Waals surface area (Å²) < 4.78 is 5.49. The van der Waals surface area contributed by atoms with Crippen molar-refractivity contribution >= 4 is 12.4 Å². The molecule has 0 radical (unpaired) electrons. The number of hydrogen-bond acceptors (Lipinski definition) is 2. The summed E-state index contributed by atoms with van der Waals surface area (Å²) >= 11 is 0. The molecule has 0 aliphatic carbocycles. The first-order chi connectivity index (χ1) is 5.47. The van der Waals surface area contributed by atoms with Gasteiger partial charge in [0, 0.05) is 18.7 Å². The number of halogens is 1. The highest BCUT2D eigenvalue weighted by Crippen LogP contribution is 2.18. The van der Waals surface area contributed by atoms with Crippen LogP contribution >= 0.6 is 12.4 Å². The highest BCUT2D eigenvalue weighted by molar-refractivity contribution is 5.85. The van der Waals surface area contributed by atoms with Crippen molar-refractivity contribution in [3.8, 4) is 5.75 Å². The van der Waals surface area contributed by atoms with Gasteiger partial charge in [-0.05, 0) is 6.07 Å². The van der Waals surface area contributed by atoms with Crippen LogP contribution in [-0.4, -0.2) is 13.2 Å². The van der Waals surface area contributed by atoms with E-state index in [1.54, 1.807) is 0 Å². The van der Waals surface area contributed by atoms with Gasteiger partial charge < -0.3 is 10.1 Å². The van der Waals surface area contributed by atoms with Gasteiger partial charge >= 0.3 is 0 Å². The number of ether oxygens (including phenoxy) is 1. The maximum Gasteiger partial charge on any atom is 0.123 e. The Balaban J connectivity index is 0.000000720. The number of para-hydroxylation sites is 1. The summed E-state index contributed by atoms with van der Waals surface area (Å²) in [4.78, 5) is 0. The molecule has 0 fully saturated rings. The number of hydrogen-bond donors (Lipinski definition) is 1. The standard InChI is InChI=1S/C9H11NO.ClH/c1-2-4-9-8(3-1)7-10-5-6-11-9;/h1-4,10H,5-7H2;1H. The molecule has 0 bridgehead atoms. The van der Waals surface area contributed by atoms with Crippen molar-refractivity contribution in [1.82, 2.24) is 5.32 Å². The third kappa shape index (κ3) is 1.90. The van der Waals surface area contributed by atoms with E-state index in [1.165, 1.54) is 5.56 Å². The second-order valence-electron chi connectivity index (χ2n) is 2.63. The van der Waals surface area contributed by atoms with Crippen LogP contribution in [0.5, 0.6) is 5.75 Å². The average Bonchev–Trinajstić information content (AvgIpc) is 2.28. The molecule has 0 saturated carbocycles. The molecule has 0 unspecified atom stereocenters. The average molecular weight is 186 g/mol. The molecule has 12 heavy (non-hydrogen) atoms. The predicted octanol–water partition coefficient (Wildman–Crippen LogP) is 1.59. The maximum absolute atomic E-state index is 5.49. The van der Waals surface area contributed by atoms with Crippen LogP contribution < -0.4 is 10.1 Å². The van der Waals surface area contributed by atoms with E-state index in [0.717, 1.165) is 25.4 Å². The highest BCUT2D eigenvalue weighted by atomic mass is 35.5. The van der Waals surface area contributed by atoms with Crippen molar-refractivity contribution in [2.45, 2.75) is 6.54 Å². The molecule has 0 amide bonds. The molecule has 2 nitrogen and oxygen atoms in total. The van der Waals surface area contributed by atoms with E-state index in [4.69, 9.17) is 4.74 Å². The summed E-state index contributed by atoms with van der Waals surface area (Å²) in [5.74, 6) is 1.03. The van der Waals surface area contributed by atoms with Gasteiger partial charge in [0.15, 0.2) is 0 Å². The van der Waals surface area contributed by atoms with Gasteiger partial charge in [0.05, 0.1) is 0 Å². The van der Waals surface area contributed by atoms with Gasteiger partial charge in [0.1, 0.15) is 12.4 Å². The molecular weight excluding hydrogens is 174 g/mol. The van der Waals surface area contributed by atoms with E-state index in [-0.39, 0.29) is 12.4 Å². The molecule has 1 N–H and O–H groups in total. The van der Waals surface area contributed by atoms with Crippen LogP contribution in [0.3, 0.4) is 0 Å². The zero-order valence-corrected chi connectivity index (χ0v) is 7.56. The lowest BCUT2D eigenvalue weighted by molar-refractivity contribution is 0.326. The fraction of sp³-hybridized carbons (Fsp3) is 0.333. The van der Waals surface area contributed by atoms with Gasteiger partial charge in [-0.2, -0.15) is 0 Å². The van der Waals surface area contributed by atoms with Crippen molar-refractivity contribution in [2.24, 2.45) is 0 Å². The molecule has 1 aromatic carbocycles. The normalized spacial score (nSPS) is 15.0. The minimum absolute atomic E-state index is 0. The summed E-state index contributed by atoms with van der Waals surface area (Å²) in [6, 6.07) is 8.15. The Bertz CT molecular complexity index is 227. The largest absolute Gasteiger partial charge is 0.492 e. The lowest BCUT2D eigenvalue weighted by atomic mass is 10.2. The maximum atomic E-state index is 5.49. The molecule has 1 aromatic rings. The topological polar surface area (TPSA) is 21.3 Å². The van der Waals surface area contributed by atoms with Crippen molar-refractivity contribution in [3.63, 3.8) is 0 Å². The lowest BCUT2D eigenvalue weighted by Gasteiger charge is -2.03. The second kappa shape index (κ2) is 4.33. The molecule has 1 aliphatic heterocycles. The Labute approximate surface area is 78.3 Å². The Morgan fingerprint density at radius 1 is 1.25 bits per heavy atom. The molecule has 0 saturated heterocycles. The Hall–Kier alpha value is -0.730. The monoisotopic (exact) mass is 185 g/mol. The summed E-state index contributed by atoms with van der Waals surface area (Å²) in [6.45, 7) is 2.64. The van der Waals surface area contributed by atoms with Crippen LogP contribution in [0.15, 0.2) is 24.3 Å². The zero-order chi connectivity index (χ0) is 7.52. The van der Waals surface area contributed by atoms with E-state index in [1.807, 2.05) is 18.2 Å². The minimum Gasteiger partial charge on any atom is -0.492 e.